The lowest BCUT2D eigenvalue weighted by Gasteiger charge is -2.34. The van der Waals surface area contributed by atoms with Crippen molar-refractivity contribution in [3.63, 3.8) is 0 Å². The van der Waals surface area contributed by atoms with Crippen LogP contribution < -0.4 is 9.47 Å². The summed E-state index contributed by atoms with van der Waals surface area (Å²) >= 11 is 1.84. The molecule has 0 bridgehead atoms. The monoisotopic (exact) mass is 751 g/mol. The molecular weight excluding hydrogens is 673 g/mol. The van der Waals surface area contributed by atoms with Gasteiger partial charge >= 0.3 is 0 Å². The van der Waals surface area contributed by atoms with Crippen molar-refractivity contribution in [2.45, 2.75) is 128 Å². The summed E-state index contributed by atoms with van der Waals surface area (Å²) in [6.07, 6.45) is 6.67. The Labute approximate surface area is 330 Å². The molecule has 6 nitrogen and oxygen atoms in total. The van der Waals surface area contributed by atoms with Gasteiger partial charge in [-0.1, -0.05) is 93.1 Å². The molecule has 0 amide bonds. The second kappa shape index (κ2) is 19.4. The SMILES string of the molecule is CN1CCN(CCCCOc2ccc(C(C)(C)CC(C)(C)C)cc2Sc2cc(C(C)(C)CC(C)(C)C)ccc2OCCCCN2CCN(C)CC2)CC1. The van der Waals surface area contributed by atoms with E-state index in [1.54, 1.807) is 0 Å². The normalized spacial score (nSPS) is 17.7. The largest absolute Gasteiger partial charge is 0.492 e. The molecule has 0 aliphatic carbocycles. The third-order valence-corrected chi connectivity index (χ3v) is 12.1. The molecule has 2 heterocycles. The minimum Gasteiger partial charge on any atom is -0.492 e. The van der Waals surface area contributed by atoms with E-state index in [-0.39, 0.29) is 21.7 Å². The van der Waals surface area contributed by atoms with Crippen molar-refractivity contribution in [2.24, 2.45) is 10.8 Å². The summed E-state index contributed by atoms with van der Waals surface area (Å²) in [6, 6.07) is 14.0. The summed E-state index contributed by atoms with van der Waals surface area (Å²) in [5, 5.41) is 0. The van der Waals surface area contributed by atoms with E-state index in [4.69, 9.17) is 9.47 Å². The molecule has 0 atom stereocenters. The van der Waals surface area contributed by atoms with E-state index in [0.29, 0.717) is 0 Å². The summed E-state index contributed by atoms with van der Waals surface area (Å²) in [5.41, 5.74) is 3.27. The molecule has 2 aromatic rings. The Morgan fingerprint density at radius 3 is 1.21 bits per heavy atom. The molecule has 0 radical (unpaired) electrons. The lowest BCUT2D eigenvalue weighted by Crippen LogP contribution is -2.44. The second-order valence-corrected chi connectivity index (χ2v) is 21.2. The average molecular weight is 751 g/mol. The molecule has 7 heteroatoms. The number of likely N-dealkylation sites (N-methyl/N-ethyl adjacent to an activating group) is 2. The summed E-state index contributed by atoms with van der Waals surface area (Å²) in [6.45, 7) is 36.9. The van der Waals surface area contributed by atoms with Gasteiger partial charge in [-0.05, 0) is 123 Å². The molecule has 0 N–H and O–H groups in total. The highest BCUT2D eigenvalue weighted by Gasteiger charge is 2.30. The van der Waals surface area contributed by atoms with Crippen LogP contribution in [0.15, 0.2) is 46.2 Å². The van der Waals surface area contributed by atoms with Crippen molar-refractivity contribution < 1.29 is 9.47 Å². The van der Waals surface area contributed by atoms with Gasteiger partial charge in [0.1, 0.15) is 11.5 Å². The van der Waals surface area contributed by atoms with Gasteiger partial charge in [0.05, 0.1) is 23.0 Å². The van der Waals surface area contributed by atoms with Crippen molar-refractivity contribution in [1.82, 2.24) is 19.6 Å². The second-order valence-electron chi connectivity index (χ2n) is 20.1. The zero-order valence-electron chi connectivity index (χ0n) is 36.2. The minimum absolute atomic E-state index is 0.0360. The van der Waals surface area contributed by atoms with E-state index in [1.165, 1.54) is 86.1 Å². The Balaban J connectivity index is 1.55. The first-order valence-electron chi connectivity index (χ1n) is 20.8. The van der Waals surface area contributed by atoms with E-state index < -0.39 is 0 Å². The Morgan fingerprint density at radius 2 is 0.868 bits per heavy atom. The molecule has 0 aromatic heterocycles. The van der Waals surface area contributed by atoms with Gasteiger partial charge < -0.3 is 29.1 Å². The van der Waals surface area contributed by atoms with Crippen LogP contribution in [0.1, 0.15) is 119 Å². The Hall–Kier alpha value is -1.77. The first-order valence-corrected chi connectivity index (χ1v) is 21.7. The topological polar surface area (TPSA) is 31.4 Å². The summed E-state index contributed by atoms with van der Waals surface area (Å²) in [4.78, 5) is 12.4. The van der Waals surface area contributed by atoms with E-state index in [0.717, 1.165) is 63.5 Å². The fourth-order valence-corrected chi connectivity index (χ4v) is 9.68. The minimum atomic E-state index is 0.0360. The highest BCUT2D eigenvalue weighted by atomic mass is 32.2. The predicted molar refractivity (Wildman–Crippen MR) is 229 cm³/mol. The molecule has 4 rings (SSSR count). The van der Waals surface area contributed by atoms with Crippen LogP contribution in [0.4, 0.5) is 0 Å². The van der Waals surface area contributed by atoms with Gasteiger partial charge in [-0.15, -0.1) is 0 Å². The highest BCUT2D eigenvalue weighted by Crippen LogP contribution is 2.46. The number of ether oxygens (including phenoxy) is 2. The van der Waals surface area contributed by atoms with Crippen LogP contribution >= 0.6 is 11.8 Å². The van der Waals surface area contributed by atoms with Crippen LogP contribution in [-0.2, 0) is 10.8 Å². The summed E-state index contributed by atoms with van der Waals surface area (Å²) in [5.74, 6) is 1.98. The molecule has 2 saturated heterocycles. The lowest BCUT2D eigenvalue weighted by molar-refractivity contribution is 0.149. The molecular formula is C46H78N4O2S. The first kappa shape index (κ1) is 44.0. The highest BCUT2D eigenvalue weighted by molar-refractivity contribution is 7.99. The molecule has 2 aromatic carbocycles. The number of piperazine rings is 2. The van der Waals surface area contributed by atoms with Gasteiger partial charge in [-0.2, -0.15) is 0 Å². The maximum absolute atomic E-state index is 6.67. The maximum Gasteiger partial charge on any atom is 0.133 e. The fourth-order valence-electron chi connectivity index (χ4n) is 8.61. The fraction of sp³-hybridized carbons (Fsp3) is 0.739. The molecule has 300 valence electrons. The van der Waals surface area contributed by atoms with Gasteiger partial charge in [-0.25, -0.2) is 0 Å². The third kappa shape index (κ3) is 15.0. The van der Waals surface area contributed by atoms with Crippen molar-refractivity contribution in [3.05, 3.63) is 47.5 Å². The Morgan fingerprint density at radius 1 is 0.509 bits per heavy atom. The number of hydrogen-bond acceptors (Lipinski definition) is 7. The smallest absolute Gasteiger partial charge is 0.133 e. The van der Waals surface area contributed by atoms with Gasteiger partial charge in [0, 0.05) is 52.4 Å². The molecule has 0 saturated carbocycles. The quantitative estimate of drug-likeness (QED) is 0.140. The van der Waals surface area contributed by atoms with Crippen LogP contribution in [0.3, 0.4) is 0 Å². The van der Waals surface area contributed by atoms with E-state index in [1.807, 2.05) is 11.8 Å². The molecule has 53 heavy (non-hydrogen) atoms. The van der Waals surface area contributed by atoms with E-state index in [9.17, 15) is 0 Å². The van der Waals surface area contributed by atoms with Crippen LogP contribution in [0.5, 0.6) is 11.5 Å². The number of unbranched alkanes of at least 4 members (excludes halogenated alkanes) is 2. The Bertz CT molecular complexity index is 1290. The average Bonchev–Trinajstić information content (AvgIpc) is 3.05. The van der Waals surface area contributed by atoms with Crippen molar-refractivity contribution >= 4 is 11.8 Å². The Kier molecular flexibility index (Phi) is 16.1. The molecule has 0 spiro atoms. The van der Waals surface area contributed by atoms with Crippen LogP contribution in [0.25, 0.3) is 0 Å². The van der Waals surface area contributed by atoms with Crippen molar-refractivity contribution in [3.8, 4) is 11.5 Å². The standard InChI is InChI=1S/C46H78N4O2S/c1-43(2,3)35-45(7,8)37-17-19-39(51-31-15-13-21-49-27-23-47(11)24-28-49)41(33-37)53-42-34-38(46(9,10)36-44(4,5)6)18-20-40(42)52-32-16-14-22-50-29-25-48(12)26-30-50/h17-20,33-34H,13-16,21-32,35-36H2,1-12H3. The lowest BCUT2D eigenvalue weighted by atomic mass is 9.72. The molecule has 2 fully saturated rings. The maximum atomic E-state index is 6.67. The summed E-state index contributed by atoms with van der Waals surface area (Å²) < 4.78 is 13.3. The van der Waals surface area contributed by atoms with E-state index >= 15 is 0 Å². The molecule has 0 unspecified atom stereocenters. The third-order valence-electron chi connectivity index (χ3n) is 11.1. The zero-order chi connectivity index (χ0) is 38.9. The predicted octanol–water partition coefficient (Wildman–Crippen LogP) is 10.1. The van der Waals surface area contributed by atoms with Crippen molar-refractivity contribution in [1.29, 1.82) is 0 Å². The van der Waals surface area contributed by atoms with Gasteiger partial charge in [-0.3, -0.25) is 0 Å². The number of nitrogens with zero attached hydrogens (tertiary/aromatic N) is 4. The molecule has 2 aliphatic heterocycles. The van der Waals surface area contributed by atoms with Gasteiger partial charge in [0.25, 0.3) is 0 Å². The van der Waals surface area contributed by atoms with Crippen molar-refractivity contribution in [2.75, 3.05) is 92.8 Å². The number of rotatable bonds is 18. The summed E-state index contributed by atoms with van der Waals surface area (Å²) in [7, 11) is 4.45. The first-order chi connectivity index (χ1) is 24.8. The number of hydrogen-bond donors (Lipinski definition) is 0. The van der Waals surface area contributed by atoms with Crippen LogP contribution in [0, 0.1) is 10.8 Å². The van der Waals surface area contributed by atoms with Gasteiger partial charge in [0.2, 0.25) is 0 Å². The number of benzene rings is 2. The van der Waals surface area contributed by atoms with E-state index in [2.05, 4.69) is 139 Å². The van der Waals surface area contributed by atoms with Crippen LogP contribution in [0.2, 0.25) is 0 Å². The molecule has 2 aliphatic rings. The van der Waals surface area contributed by atoms with Crippen LogP contribution in [-0.4, -0.2) is 112 Å². The van der Waals surface area contributed by atoms with Gasteiger partial charge in [0.15, 0.2) is 0 Å². The zero-order valence-corrected chi connectivity index (χ0v) is 37.0.